The summed E-state index contributed by atoms with van der Waals surface area (Å²) in [5.41, 5.74) is 2.27. The van der Waals surface area contributed by atoms with Gasteiger partial charge in [0.2, 0.25) is 0 Å². The van der Waals surface area contributed by atoms with Crippen LogP contribution < -0.4 is 5.32 Å². The molecule has 0 bridgehead atoms. The van der Waals surface area contributed by atoms with Gasteiger partial charge in [-0.3, -0.25) is 4.79 Å². The molecule has 0 aromatic heterocycles. The molecular formula is C15H19NO4. The molecular weight excluding hydrogens is 258 g/mol. The highest BCUT2D eigenvalue weighted by Crippen LogP contribution is 2.22. The van der Waals surface area contributed by atoms with E-state index in [0.717, 1.165) is 18.4 Å². The SMILES string of the molecule is Cc1cc(C)c(C(=O)O)cc1NC(=O)[C@@H]1CCCCO1. The topological polar surface area (TPSA) is 75.6 Å². The van der Waals surface area contributed by atoms with Gasteiger partial charge in [0.1, 0.15) is 6.10 Å². The van der Waals surface area contributed by atoms with Gasteiger partial charge in [-0.2, -0.15) is 0 Å². The minimum atomic E-state index is -0.994. The van der Waals surface area contributed by atoms with Crippen LogP contribution >= 0.6 is 0 Å². The van der Waals surface area contributed by atoms with E-state index < -0.39 is 12.1 Å². The van der Waals surface area contributed by atoms with Crippen molar-refractivity contribution in [2.75, 3.05) is 11.9 Å². The van der Waals surface area contributed by atoms with Crippen molar-refractivity contribution in [3.63, 3.8) is 0 Å². The summed E-state index contributed by atoms with van der Waals surface area (Å²) in [6, 6.07) is 3.27. The highest BCUT2D eigenvalue weighted by molar-refractivity contribution is 5.97. The van der Waals surface area contributed by atoms with Crippen LogP contribution in [-0.4, -0.2) is 29.7 Å². The molecule has 0 spiro atoms. The molecule has 5 heteroatoms. The van der Waals surface area contributed by atoms with Gasteiger partial charge in [0.25, 0.3) is 5.91 Å². The van der Waals surface area contributed by atoms with E-state index in [1.807, 2.05) is 6.92 Å². The monoisotopic (exact) mass is 277 g/mol. The second kappa shape index (κ2) is 6.05. The van der Waals surface area contributed by atoms with Gasteiger partial charge in [0, 0.05) is 12.3 Å². The summed E-state index contributed by atoms with van der Waals surface area (Å²) in [5, 5.41) is 11.9. The number of hydrogen-bond donors (Lipinski definition) is 2. The molecule has 0 unspecified atom stereocenters. The number of ether oxygens (including phenoxy) is 1. The van der Waals surface area contributed by atoms with Gasteiger partial charge in [0.05, 0.1) is 5.56 Å². The molecule has 1 aliphatic heterocycles. The molecule has 1 saturated heterocycles. The number of carbonyl (C=O) groups excluding carboxylic acids is 1. The third-order valence-corrected chi connectivity index (χ3v) is 3.53. The van der Waals surface area contributed by atoms with Gasteiger partial charge >= 0.3 is 5.97 Å². The number of rotatable bonds is 3. The minimum absolute atomic E-state index is 0.201. The summed E-state index contributed by atoms with van der Waals surface area (Å²) < 4.78 is 5.42. The molecule has 0 aliphatic carbocycles. The van der Waals surface area contributed by atoms with Gasteiger partial charge < -0.3 is 15.2 Å². The van der Waals surface area contributed by atoms with Gasteiger partial charge in [-0.05, 0) is 50.3 Å². The van der Waals surface area contributed by atoms with E-state index in [-0.39, 0.29) is 11.5 Å². The maximum absolute atomic E-state index is 12.1. The standard InChI is InChI=1S/C15H19NO4/c1-9-7-10(2)12(8-11(9)15(18)19)16-14(17)13-5-3-4-6-20-13/h7-8,13H,3-6H2,1-2H3,(H,16,17)(H,18,19)/t13-/m0/s1. The smallest absolute Gasteiger partial charge is 0.336 e. The lowest BCUT2D eigenvalue weighted by molar-refractivity contribution is -0.129. The summed E-state index contributed by atoms with van der Waals surface area (Å²) >= 11 is 0. The maximum Gasteiger partial charge on any atom is 0.336 e. The van der Waals surface area contributed by atoms with Crippen molar-refractivity contribution in [2.24, 2.45) is 0 Å². The van der Waals surface area contributed by atoms with Crippen molar-refractivity contribution < 1.29 is 19.4 Å². The van der Waals surface area contributed by atoms with Crippen LogP contribution in [0.3, 0.4) is 0 Å². The van der Waals surface area contributed by atoms with Crippen molar-refractivity contribution in [1.29, 1.82) is 0 Å². The molecule has 1 aromatic rings. The predicted molar refractivity (Wildman–Crippen MR) is 75.1 cm³/mol. The Kier molecular flexibility index (Phi) is 4.39. The van der Waals surface area contributed by atoms with Gasteiger partial charge in [-0.15, -0.1) is 0 Å². The normalized spacial score (nSPS) is 18.6. The van der Waals surface area contributed by atoms with E-state index >= 15 is 0 Å². The maximum atomic E-state index is 12.1. The second-order valence-electron chi connectivity index (χ2n) is 5.13. The van der Waals surface area contributed by atoms with Crippen LogP contribution in [0.15, 0.2) is 12.1 Å². The average molecular weight is 277 g/mol. The molecule has 0 saturated carbocycles. The van der Waals surface area contributed by atoms with Crippen molar-refractivity contribution in [2.45, 2.75) is 39.2 Å². The highest BCUT2D eigenvalue weighted by Gasteiger charge is 2.22. The van der Waals surface area contributed by atoms with E-state index in [2.05, 4.69) is 5.32 Å². The van der Waals surface area contributed by atoms with E-state index in [1.165, 1.54) is 6.07 Å². The molecule has 1 amide bonds. The molecule has 2 rings (SSSR count). The minimum Gasteiger partial charge on any atom is -0.478 e. The second-order valence-corrected chi connectivity index (χ2v) is 5.13. The number of aromatic carboxylic acids is 1. The third-order valence-electron chi connectivity index (χ3n) is 3.53. The summed E-state index contributed by atoms with van der Waals surface area (Å²) in [4.78, 5) is 23.2. The Morgan fingerprint density at radius 1 is 1.25 bits per heavy atom. The van der Waals surface area contributed by atoms with E-state index in [0.29, 0.717) is 24.3 Å². The zero-order valence-electron chi connectivity index (χ0n) is 11.7. The molecule has 1 fully saturated rings. The molecule has 1 aromatic carbocycles. The zero-order valence-corrected chi connectivity index (χ0v) is 11.7. The number of carboxylic acid groups (broad SMARTS) is 1. The highest BCUT2D eigenvalue weighted by atomic mass is 16.5. The third kappa shape index (κ3) is 3.17. The number of carboxylic acids is 1. The first-order valence-corrected chi connectivity index (χ1v) is 6.76. The molecule has 20 heavy (non-hydrogen) atoms. The van der Waals surface area contributed by atoms with E-state index in [9.17, 15) is 9.59 Å². The van der Waals surface area contributed by atoms with Gasteiger partial charge in [0.15, 0.2) is 0 Å². The Morgan fingerprint density at radius 3 is 2.60 bits per heavy atom. The number of anilines is 1. The fraction of sp³-hybridized carbons (Fsp3) is 0.467. The summed E-state index contributed by atoms with van der Waals surface area (Å²) in [7, 11) is 0. The number of carbonyl (C=O) groups is 2. The molecule has 1 atom stereocenters. The first-order valence-electron chi connectivity index (χ1n) is 6.76. The predicted octanol–water partition coefficient (Wildman–Crippen LogP) is 2.51. The van der Waals surface area contributed by atoms with Crippen molar-refractivity contribution >= 4 is 17.6 Å². The van der Waals surface area contributed by atoms with Gasteiger partial charge in [-0.1, -0.05) is 6.07 Å². The summed E-state index contributed by atoms with van der Waals surface area (Å²) in [6.07, 6.45) is 2.24. The van der Waals surface area contributed by atoms with E-state index in [1.54, 1.807) is 13.0 Å². The van der Waals surface area contributed by atoms with E-state index in [4.69, 9.17) is 9.84 Å². The van der Waals surface area contributed by atoms with Crippen LogP contribution in [0.4, 0.5) is 5.69 Å². The Bertz CT molecular complexity index is 533. The molecule has 1 heterocycles. The Labute approximate surface area is 117 Å². The van der Waals surface area contributed by atoms with Crippen LogP contribution in [0.25, 0.3) is 0 Å². The average Bonchev–Trinajstić information content (AvgIpc) is 2.42. The quantitative estimate of drug-likeness (QED) is 0.890. The van der Waals surface area contributed by atoms with Crippen molar-refractivity contribution in [3.05, 3.63) is 28.8 Å². The fourth-order valence-electron chi connectivity index (χ4n) is 2.38. The first-order chi connectivity index (χ1) is 9.49. The van der Waals surface area contributed by atoms with Crippen molar-refractivity contribution in [3.8, 4) is 0 Å². The lowest BCUT2D eigenvalue weighted by atomic mass is 10.0. The molecule has 1 aliphatic rings. The van der Waals surface area contributed by atoms with Crippen LogP contribution in [0.1, 0.15) is 40.7 Å². The summed E-state index contributed by atoms with van der Waals surface area (Å²) in [6.45, 7) is 4.19. The fourth-order valence-corrected chi connectivity index (χ4v) is 2.38. The lowest BCUT2D eigenvalue weighted by Crippen LogP contribution is -2.33. The summed E-state index contributed by atoms with van der Waals surface area (Å²) in [5.74, 6) is -1.19. The lowest BCUT2D eigenvalue weighted by Gasteiger charge is -2.22. The van der Waals surface area contributed by atoms with Gasteiger partial charge in [-0.25, -0.2) is 4.79 Å². The number of nitrogens with one attached hydrogen (secondary N) is 1. The van der Waals surface area contributed by atoms with Crippen LogP contribution in [0.5, 0.6) is 0 Å². The Balaban J connectivity index is 2.18. The van der Waals surface area contributed by atoms with Crippen LogP contribution in [-0.2, 0) is 9.53 Å². The van der Waals surface area contributed by atoms with Crippen LogP contribution in [0, 0.1) is 13.8 Å². The number of benzene rings is 1. The number of hydrogen-bond acceptors (Lipinski definition) is 3. The van der Waals surface area contributed by atoms with Crippen molar-refractivity contribution in [1.82, 2.24) is 0 Å². The molecule has 108 valence electrons. The Hall–Kier alpha value is -1.88. The Morgan fingerprint density at radius 2 is 2.00 bits per heavy atom. The largest absolute Gasteiger partial charge is 0.478 e. The molecule has 2 N–H and O–H groups in total. The molecule has 0 radical (unpaired) electrons. The van der Waals surface area contributed by atoms with Crippen LogP contribution in [0.2, 0.25) is 0 Å². The zero-order chi connectivity index (χ0) is 14.7. The number of amides is 1. The first kappa shape index (κ1) is 14.5. The number of aryl methyl sites for hydroxylation is 2. The molecule has 5 nitrogen and oxygen atoms in total.